The van der Waals surface area contributed by atoms with Gasteiger partial charge in [0.25, 0.3) is 0 Å². The van der Waals surface area contributed by atoms with Gasteiger partial charge in [0.1, 0.15) is 0 Å². The van der Waals surface area contributed by atoms with Crippen molar-refractivity contribution in [2.45, 2.75) is 51.3 Å². The number of aliphatic hydroxyl groups excluding tert-OH is 1. The van der Waals surface area contributed by atoms with E-state index in [-0.39, 0.29) is 18.0 Å². The molecule has 2 N–H and O–H groups in total. The lowest BCUT2D eigenvalue weighted by Gasteiger charge is -2.30. The van der Waals surface area contributed by atoms with Gasteiger partial charge in [0, 0.05) is 12.6 Å². The predicted molar refractivity (Wildman–Crippen MR) is 59.6 cm³/mol. The third kappa shape index (κ3) is 3.18. The highest BCUT2D eigenvalue weighted by Crippen LogP contribution is 2.18. The molecule has 4 heteroatoms. The zero-order valence-electron chi connectivity index (χ0n) is 9.86. The summed E-state index contributed by atoms with van der Waals surface area (Å²) < 4.78 is 0. The van der Waals surface area contributed by atoms with E-state index < -0.39 is 6.10 Å². The summed E-state index contributed by atoms with van der Waals surface area (Å²) in [6.45, 7) is 4.22. The van der Waals surface area contributed by atoms with Crippen LogP contribution in [0.2, 0.25) is 0 Å². The second-order valence-electron chi connectivity index (χ2n) is 4.46. The molecule has 15 heavy (non-hydrogen) atoms. The normalized spacial score (nSPS) is 30.1. The van der Waals surface area contributed by atoms with Crippen LogP contribution in [0.3, 0.4) is 0 Å². The van der Waals surface area contributed by atoms with Crippen LogP contribution in [-0.2, 0) is 4.79 Å². The highest BCUT2D eigenvalue weighted by atomic mass is 16.3. The summed E-state index contributed by atoms with van der Waals surface area (Å²) in [6.07, 6.45) is 2.54. The van der Waals surface area contributed by atoms with Crippen molar-refractivity contribution in [3.63, 3.8) is 0 Å². The predicted octanol–water partition coefficient (Wildman–Crippen LogP) is 0.356. The molecule has 0 aromatic rings. The maximum Gasteiger partial charge on any atom is 0.240 e. The fraction of sp³-hybridized carbons (Fsp3) is 0.909. The molecule has 1 aliphatic rings. The van der Waals surface area contributed by atoms with E-state index in [9.17, 15) is 9.90 Å². The topological polar surface area (TPSA) is 52.6 Å². The summed E-state index contributed by atoms with van der Waals surface area (Å²) in [7, 11) is 1.82. The van der Waals surface area contributed by atoms with Gasteiger partial charge in [-0.2, -0.15) is 0 Å². The Bertz CT molecular complexity index is 219. The molecule has 0 spiro atoms. The highest BCUT2D eigenvalue weighted by molar-refractivity contribution is 5.82. The Hall–Kier alpha value is -0.610. The fourth-order valence-corrected chi connectivity index (χ4v) is 2.14. The van der Waals surface area contributed by atoms with Gasteiger partial charge in [0.2, 0.25) is 5.91 Å². The molecule has 1 saturated heterocycles. The van der Waals surface area contributed by atoms with Gasteiger partial charge in [-0.1, -0.05) is 0 Å². The van der Waals surface area contributed by atoms with Crippen molar-refractivity contribution < 1.29 is 9.90 Å². The SMILES string of the molecule is CNC1CCCC(C)N(CC(C)O)C1=O. The number of nitrogens with one attached hydrogen (secondary N) is 1. The van der Waals surface area contributed by atoms with Gasteiger partial charge in [0.15, 0.2) is 0 Å². The average molecular weight is 214 g/mol. The lowest BCUT2D eigenvalue weighted by molar-refractivity contribution is -0.136. The Morgan fingerprint density at radius 1 is 1.60 bits per heavy atom. The number of likely N-dealkylation sites (tertiary alicyclic amines) is 1. The van der Waals surface area contributed by atoms with Crippen LogP contribution in [0.1, 0.15) is 33.1 Å². The van der Waals surface area contributed by atoms with Gasteiger partial charge in [-0.15, -0.1) is 0 Å². The fourth-order valence-electron chi connectivity index (χ4n) is 2.14. The molecule has 88 valence electrons. The van der Waals surface area contributed by atoms with Gasteiger partial charge < -0.3 is 15.3 Å². The summed E-state index contributed by atoms with van der Waals surface area (Å²) in [6, 6.07) is 0.166. The van der Waals surface area contributed by atoms with E-state index in [0.717, 1.165) is 19.3 Å². The molecule has 0 aliphatic carbocycles. The van der Waals surface area contributed by atoms with E-state index in [4.69, 9.17) is 0 Å². The average Bonchev–Trinajstić information content (AvgIpc) is 2.30. The molecule has 1 fully saturated rings. The molecular weight excluding hydrogens is 192 g/mol. The first-order valence-corrected chi connectivity index (χ1v) is 5.72. The Morgan fingerprint density at radius 3 is 2.80 bits per heavy atom. The van der Waals surface area contributed by atoms with E-state index in [1.54, 1.807) is 11.8 Å². The minimum Gasteiger partial charge on any atom is -0.392 e. The first kappa shape index (κ1) is 12.5. The molecular formula is C11H22N2O2. The van der Waals surface area contributed by atoms with E-state index in [2.05, 4.69) is 12.2 Å². The van der Waals surface area contributed by atoms with Gasteiger partial charge >= 0.3 is 0 Å². The van der Waals surface area contributed by atoms with Crippen molar-refractivity contribution in [3.05, 3.63) is 0 Å². The number of carbonyl (C=O) groups is 1. The summed E-state index contributed by atoms with van der Waals surface area (Å²) in [5.41, 5.74) is 0. The summed E-state index contributed by atoms with van der Waals surface area (Å²) in [5, 5.41) is 12.4. The monoisotopic (exact) mass is 214 g/mol. The van der Waals surface area contributed by atoms with Crippen LogP contribution >= 0.6 is 0 Å². The smallest absolute Gasteiger partial charge is 0.240 e. The van der Waals surface area contributed by atoms with Gasteiger partial charge in [-0.25, -0.2) is 0 Å². The molecule has 0 aromatic heterocycles. The maximum atomic E-state index is 12.1. The number of carbonyl (C=O) groups excluding carboxylic acids is 1. The number of hydrogen-bond donors (Lipinski definition) is 2. The summed E-state index contributed by atoms with van der Waals surface area (Å²) in [4.78, 5) is 13.9. The zero-order chi connectivity index (χ0) is 11.4. The van der Waals surface area contributed by atoms with Crippen LogP contribution < -0.4 is 5.32 Å². The molecule has 0 aromatic carbocycles. The molecule has 0 radical (unpaired) electrons. The molecule has 0 saturated carbocycles. The molecule has 1 rings (SSSR count). The van der Waals surface area contributed by atoms with Gasteiger partial charge in [-0.05, 0) is 40.2 Å². The van der Waals surface area contributed by atoms with Crippen molar-refractivity contribution >= 4 is 5.91 Å². The van der Waals surface area contributed by atoms with Gasteiger partial charge in [0.05, 0.1) is 12.1 Å². The van der Waals surface area contributed by atoms with Crippen LogP contribution in [-0.4, -0.2) is 47.7 Å². The van der Waals surface area contributed by atoms with Crippen molar-refractivity contribution in [2.75, 3.05) is 13.6 Å². The standard InChI is InChI=1S/C11H22N2O2/c1-8-5-4-6-10(12-3)11(15)13(8)7-9(2)14/h8-10,12,14H,4-7H2,1-3H3. The number of β-amino-alcohol motifs (C(OH)–C–C–N with tert-alkyl or cyclic N) is 1. The van der Waals surface area contributed by atoms with Crippen molar-refractivity contribution in [2.24, 2.45) is 0 Å². The van der Waals surface area contributed by atoms with E-state index in [1.165, 1.54) is 0 Å². The summed E-state index contributed by atoms with van der Waals surface area (Å²) >= 11 is 0. The first-order valence-electron chi connectivity index (χ1n) is 5.72. The molecule has 1 amide bonds. The second kappa shape index (κ2) is 5.47. The third-order valence-corrected chi connectivity index (χ3v) is 3.04. The number of aliphatic hydroxyl groups is 1. The number of rotatable bonds is 3. The Labute approximate surface area is 91.6 Å². The molecule has 3 unspecified atom stereocenters. The molecule has 1 aliphatic heterocycles. The lowest BCUT2D eigenvalue weighted by Crippen LogP contribution is -2.49. The van der Waals surface area contributed by atoms with Crippen molar-refractivity contribution in [3.8, 4) is 0 Å². The molecule has 0 bridgehead atoms. The van der Waals surface area contributed by atoms with E-state index >= 15 is 0 Å². The third-order valence-electron chi connectivity index (χ3n) is 3.04. The number of amides is 1. The van der Waals surface area contributed by atoms with Crippen LogP contribution in [0.25, 0.3) is 0 Å². The van der Waals surface area contributed by atoms with E-state index in [1.807, 2.05) is 7.05 Å². The van der Waals surface area contributed by atoms with E-state index in [0.29, 0.717) is 6.54 Å². The molecule has 1 heterocycles. The minimum atomic E-state index is -0.452. The first-order chi connectivity index (χ1) is 7.06. The lowest BCUT2D eigenvalue weighted by atomic mass is 10.1. The zero-order valence-corrected chi connectivity index (χ0v) is 9.86. The van der Waals surface area contributed by atoms with Crippen molar-refractivity contribution in [1.29, 1.82) is 0 Å². The highest BCUT2D eigenvalue weighted by Gasteiger charge is 2.30. The minimum absolute atomic E-state index is 0.0753. The quantitative estimate of drug-likeness (QED) is 0.713. The Morgan fingerprint density at radius 2 is 2.27 bits per heavy atom. The Balaban J connectivity index is 2.72. The largest absolute Gasteiger partial charge is 0.392 e. The van der Waals surface area contributed by atoms with Crippen LogP contribution in [0.5, 0.6) is 0 Å². The van der Waals surface area contributed by atoms with Crippen LogP contribution in [0.4, 0.5) is 0 Å². The molecule has 4 nitrogen and oxygen atoms in total. The van der Waals surface area contributed by atoms with Crippen LogP contribution in [0.15, 0.2) is 0 Å². The number of hydrogen-bond acceptors (Lipinski definition) is 3. The summed E-state index contributed by atoms with van der Waals surface area (Å²) in [5.74, 6) is 0.128. The maximum absolute atomic E-state index is 12.1. The van der Waals surface area contributed by atoms with Gasteiger partial charge in [-0.3, -0.25) is 4.79 Å². The number of likely N-dealkylation sites (N-methyl/N-ethyl adjacent to an activating group) is 1. The van der Waals surface area contributed by atoms with Crippen LogP contribution in [0, 0.1) is 0 Å². The van der Waals surface area contributed by atoms with Crippen molar-refractivity contribution in [1.82, 2.24) is 10.2 Å². The second-order valence-corrected chi connectivity index (χ2v) is 4.46. The number of nitrogens with zero attached hydrogens (tertiary/aromatic N) is 1. The molecule has 3 atom stereocenters. The Kier molecular flexibility index (Phi) is 4.54.